The van der Waals surface area contributed by atoms with Gasteiger partial charge in [0.2, 0.25) is 0 Å². The lowest BCUT2D eigenvalue weighted by atomic mass is 10.0. The van der Waals surface area contributed by atoms with Crippen molar-refractivity contribution >= 4 is 71.7 Å². The molecule has 202 valence electrons. The lowest BCUT2D eigenvalue weighted by Gasteiger charge is -2.26. The second-order valence-corrected chi connectivity index (χ2v) is 10.8. The molecular weight excluding hydrogens is 528 g/mol. The molecule has 43 heavy (non-hydrogen) atoms. The standard InChI is InChI=1S/C39H24N2O2/c1-2-9-25(10-3-1)26-17-19-29(20-18-26)41(33-14-8-16-36-38(33)30-13-6-7-15-35(30)42-36)34-24-40-23-32-31-21-27-11-4-5-12-28(27)22-37(31)43-39(32)34/h1-24H. The van der Waals surface area contributed by atoms with E-state index < -0.39 is 0 Å². The van der Waals surface area contributed by atoms with Crippen LogP contribution in [-0.4, -0.2) is 4.98 Å². The van der Waals surface area contributed by atoms with Gasteiger partial charge in [-0.05, 0) is 64.4 Å². The Balaban J connectivity index is 1.33. The highest BCUT2D eigenvalue weighted by Crippen LogP contribution is 2.46. The Hall–Kier alpha value is -5.87. The van der Waals surface area contributed by atoms with Gasteiger partial charge in [-0.15, -0.1) is 0 Å². The summed E-state index contributed by atoms with van der Waals surface area (Å²) in [5.41, 5.74) is 8.51. The molecule has 0 spiro atoms. The first-order valence-electron chi connectivity index (χ1n) is 14.4. The lowest BCUT2D eigenvalue weighted by molar-refractivity contribution is 0.668. The Labute approximate surface area is 247 Å². The van der Waals surface area contributed by atoms with Gasteiger partial charge in [0, 0.05) is 28.0 Å². The summed E-state index contributed by atoms with van der Waals surface area (Å²) in [6.45, 7) is 0. The fourth-order valence-corrected chi connectivity index (χ4v) is 6.30. The number of aromatic nitrogens is 1. The fourth-order valence-electron chi connectivity index (χ4n) is 6.30. The molecule has 0 N–H and O–H groups in total. The lowest BCUT2D eigenvalue weighted by Crippen LogP contribution is -2.11. The van der Waals surface area contributed by atoms with E-state index in [1.165, 1.54) is 10.9 Å². The van der Waals surface area contributed by atoms with Gasteiger partial charge in [-0.25, -0.2) is 0 Å². The molecule has 0 saturated heterocycles. The summed E-state index contributed by atoms with van der Waals surface area (Å²) in [6, 6.07) is 46.2. The van der Waals surface area contributed by atoms with Crippen molar-refractivity contribution in [3.05, 3.63) is 146 Å². The Kier molecular flexibility index (Phi) is 5.16. The van der Waals surface area contributed by atoms with Crippen LogP contribution in [0.1, 0.15) is 0 Å². The van der Waals surface area contributed by atoms with Crippen LogP contribution in [0, 0.1) is 0 Å². The van der Waals surface area contributed by atoms with Crippen molar-refractivity contribution in [1.82, 2.24) is 4.98 Å². The molecule has 0 fully saturated rings. The molecule has 0 aliphatic rings. The van der Waals surface area contributed by atoms with Gasteiger partial charge in [0.1, 0.15) is 22.4 Å². The average molecular weight is 553 g/mol. The summed E-state index contributed by atoms with van der Waals surface area (Å²) < 4.78 is 13.0. The molecular formula is C39H24N2O2. The number of nitrogens with zero attached hydrogens (tertiary/aromatic N) is 2. The van der Waals surface area contributed by atoms with E-state index in [-0.39, 0.29) is 0 Å². The second-order valence-electron chi connectivity index (χ2n) is 10.8. The minimum Gasteiger partial charge on any atom is -0.456 e. The van der Waals surface area contributed by atoms with Crippen molar-refractivity contribution in [2.24, 2.45) is 0 Å². The quantitative estimate of drug-likeness (QED) is 0.218. The van der Waals surface area contributed by atoms with Crippen LogP contribution in [0.2, 0.25) is 0 Å². The first-order valence-corrected chi connectivity index (χ1v) is 14.4. The minimum atomic E-state index is 0.789. The van der Waals surface area contributed by atoms with Crippen LogP contribution >= 0.6 is 0 Å². The highest BCUT2D eigenvalue weighted by molar-refractivity contribution is 6.16. The zero-order valence-corrected chi connectivity index (χ0v) is 23.1. The number of para-hydroxylation sites is 1. The largest absolute Gasteiger partial charge is 0.456 e. The number of hydrogen-bond acceptors (Lipinski definition) is 4. The number of pyridine rings is 1. The molecule has 0 amide bonds. The fraction of sp³-hybridized carbons (Fsp3) is 0. The molecule has 9 aromatic rings. The number of rotatable bonds is 4. The number of fused-ring (bicyclic) bond motifs is 7. The van der Waals surface area contributed by atoms with E-state index in [0.717, 1.165) is 71.9 Å². The third-order valence-electron chi connectivity index (χ3n) is 8.32. The topological polar surface area (TPSA) is 42.4 Å². The maximum absolute atomic E-state index is 6.68. The summed E-state index contributed by atoms with van der Waals surface area (Å²) in [5, 5.41) is 6.46. The molecule has 4 nitrogen and oxygen atoms in total. The van der Waals surface area contributed by atoms with Crippen LogP contribution in [-0.2, 0) is 0 Å². The van der Waals surface area contributed by atoms with Gasteiger partial charge in [-0.1, -0.05) is 91.0 Å². The molecule has 0 aliphatic heterocycles. The maximum Gasteiger partial charge on any atom is 0.162 e. The maximum atomic E-state index is 6.68. The molecule has 0 bridgehead atoms. The van der Waals surface area contributed by atoms with Crippen LogP contribution in [0.25, 0.3) is 65.8 Å². The van der Waals surface area contributed by atoms with Gasteiger partial charge in [0.05, 0.1) is 17.3 Å². The van der Waals surface area contributed by atoms with Gasteiger partial charge in [0.25, 0.3) is 0 Å². The Morgan fingerprint density at radius 3 is 2.05 bits per heavy atom. The monoisotopic (exact) mass is 552 g/mol. The zero-order chi connectivity index (χ0) is 28.3. The first kappa shape index (κ1) is 23.8. The van der Waals surface area contributed by atoms with Crippen molar-refractivity contribution in [3.63, 3.8) is 0 Å². The molecule has 9 rings (SSSR count). The van der Waals surface area contributed by atoms with Crippen LogP contribution in [0.3, 0.4) is 0 Å². The third-order valence-corrected chi connectivity index (χ3v) is 8.32. The SMILES string of the molecule is c1ccc(-c2ccc(N(c3cncc4c3oc3cc5ccccc5cc34)c3cccc4oc5ccccc5c34)cc2)cc1. The summed E-state index contributed by atoms with van der Waals surface area (Å²) >= 11 is 0. The summed E-state index contributed by atoms with van der Waals surface area (Å²) in [7, 11) is 0. The highest BCUT2D eigenvalue weighted by Gasteiger charge is 2.23. The summed E-state index contributed by atoms with van der Waals surface area (Å²) in [6.07, 6.45) is 3.81. The summed E-state index contributed by atoms with van der Waals surface area (Å²) in [5.74, 6) is 0. The van der Waals surface area contributed by atoms with E-state index in [1.807, 2.05) is 42.7 Å². The van der Waals surface area contributed by atoms with Gasteiger partial charge in [-0.2, -0.15) is 0 Å². The predicted molar refractivity (Wildman–Crippen MR) is 176 cm³/mol. The van der Waals surface area contributed by atoms with Crippen molar-refractivity contribution in [2.45, 2.75) is 0 Å². The molecule has 0 aliphatic carbocycles. The Bertz CT molecular complexity index is 2450. The molecule has 0 unspecified atom stereocenters. The van der Waals surface area contributed by atoms with Gasteiger partial charge < -0.3 is 13.7 Å². The van der Waals surface area contributed by atoms with Gasteiger partial charge >= 0.3 is 0 Å². The van der Waals surface area contributed by atoms with Crippen LogP contribution in [0.4, 0.5) is 17.1 Å². The van der Waals surface area contributed by atoms with Crippen molar-refractivity contribution in [2.75, 3.05) is 4.90 Å². The number of furan rings is 2. The summed E-state index contributed by atoms with van der Waals surface area (Å²) in [4.78, 5) is 7.00. The first-order chi connectivity index (χ1) is 21.3. The van der Waals surface area contributed by atoms with Crippen molar-refractivity contribution in [3.8, 4) is 11.1 Å². The molecule has 0 atom stereocenters. The van der Waals surface area contributed by atoms with Crippen LogP contribution in [0.5, 0.6) is 0 Å². The van der Waals surface area contributed by atoms with E-state index in [0.29, 0.717) is 0 Å². The second kappa shape index (κ2) is 9.33. The highest BCUT2D eigenvalue weighted by atomic mass is 16.3. The molecule has 4 heteroatoms. The van der Waals surface area contributed by atoms with Gasteiger partial charge in [-0.3, -0.25) is 4.98 Å². The van der Waals surface area contributed by atoms with E-state index in [1.54, 1.807) is 0 Å². The molecule has 0 radical (unpaired) electrons. The average Bonchev–Trinajstić information content (AvgIpc) is 3.63. The van der Waals surface area contributed by atoms with E-state index >= 15 is 0 Å². The normalized spacial score (nSPS) is 11.7. The number of anilines is 3. The number of benzene rings is 6. The smallest absolute Gasteiger partial charge is 0.162 e. The third kappa shape index (κ3) is 3.74. The number of hydrogen-bond donors (Lipinski definition) is 0. The van der Waals surface area contributed by atoms with Crippen LogP contribution < -0.4 is 4.90 Å². The van der Waals surface area contributed by atoms with E-state index in [4.69, 9.17) is 13.8 Å². The predicted octanol–water partition coefficient (Wildman–Crippen LogP) is 11.2. The Morgan fingerprint density at radius 2 is 1.19 bits per heavy atom. The molecule has 0 saturated carbocycles. The Morgan fingerprint density at radius 1 is 0.465 bits per heavy atom. The molecule has 3 aromatic heterocycles. The molecule has 3 heterocycles. The van der Waals surface area contributed by atoms with Gasteiger partial charge in [0.15, 0.2) is 5.58 Å². The van der Waals surface area contributed by atoms with E-state index in [2.05, 4.69) is 108 Å². The van der Waals surface area contributed by atoms with Crippen molar-refractivity contribution in [1.29, 1.82) is 0 Å². The minimum absolute atomic E-state index is 0.789. The van der Waals surface area contributed by atoms with Crippen molar-refractivity contribution < 1.29 is 8.83 Å². The van der Waals surface area contributed by atoms with E-state index in [9.17, 15) is 0 Å². The molecule has 6 aromatic carbocycles. The van der Waals surface area contributed by atoms with Crippen LogP contribution in [0.15, 0.2) is 155 Å². The zero-order valence-electron chi connectivity index (χ0n) is 23.1.